The number of nitrogens with two attached hydrogens (primary N) is 1. The molecule has 1 aromatic heterocycles. The van der Waals surface area contributed by atoms with Crippen LogP contribution < -0.4 is 5.73 Å². The summed E-state index contributed by atoms with van der Waals surface area (Å²) in [7, 11) is -1.71. The summed E-state index contributed by atoms with van der Waals surface area (Å²) in [6, 6.07) is 1.89. The fraction of sp³-hybridized carbons (Fsp3) is 0.538. The summed E-state index contributed by atoms with van der Waals surface area (Å²) in [5.74, 6) is 5.71. The van der Waals surface area contributed by atoms with Crippen LogP contribution in [-0.2, 0) is 21.3 Å². The number of nitrogens with zero attached hydrogens (tertiary/aromatic N) is 1. The highest BCUT2D eigenvalue weighted by Gasteiger charge is 2.18. The number of rotatable bonds is 7. The number of hydrogen-bond acceptors (Lipinski definition) is 5. The SMILES string of the molecule is CCOCCS(=O)(=O)N(C)Cc1csc(C#CCN)c1. The molecule has 7 heteroatoms. The molecule has 1 aromatic rings. The van der Waals surface area contributed by atoms with Crippen LogP contribution in [0.4, 0.5) is 0 Å². The van der Waals surface area contributed by atoms with Crippen molar-refractivity contribution in [3.63, 3.8) is 0 Å². The van der Waals surface area contributed by atoms with Gasteiger partial charge in [0.15, 0.2) is 0 Å². The third kappa shape index (κ3) is 5.61. The van der Waals surface area contributed by atoms with Gasteiger partial charge >= 0.3 is 0 Å². The standard InChI is InChI=1S/C13H20N2O3S2/c1-3-18-7-8-20(16,17)15(2)10-12-9-13(19-11-12)5-4-6-14/h9,11H,3,6-8,10,14H2,1-2H3. The van der Waals surface area contributed by atoms with Gasteiger partial charge in [-0.25, -0.2) is 12.7 Å². The first kappa shape index (κ1) is 17.1. The van der Waals surface area contributed by atoms with Crippen LogP contribution in [0.1, 0.15) is 17.4 Å². The van der Waals surface area contributed by atoms with Crippen molar-refractivity contribution < 1.29 is 13.2 Å². The minimum atomic E-state index is -3.28. The predicted octanol–water partition coefficient (Wildman–Crippen LogP) is 0.856. The maximum absolute atomic E-state index is 12.0. The molecule has 0 radical (unpaired) electrons. The summed E-state index contributed by atoms with van der Waals surface area (Å²) in [6.45, 7) is 3.24. The Morgan fingerprint density at radius 1 is 1.50 bits per heavy atom. The topological polar surface area (TPSA) is 72.6 Å². The molecule has 0 unspecified atom stereocenters. The van der Waals surface area contributed by atoms with Gasteiger partial charge in [0.05, 0.1) is 23.8 Å². The maximum atomic E-state index is 12.0. The van der Waals surface area contributed by atoms with E-state index in [-0.39, 0.29) is 12.4 Å². The molecule has 0 amide bonds. The van der Waals surface area contributed by atoms with E-state index in [0.29, 0.717) is 19.7 Å². The molecule has 20 heavy (non-hydrogen) atoms. The lowest BCUT2D eigenvalue weighted by Crippen LogP contribution is -2.30. The van der Waals surface area contributed by atoms with Gasteiger partial charge in [-0.05, 0) is 23.9 Å². The molecule has 0 aliphatic rings. The Balaban J connectivity index is 2.60. The molecule has 0 atom stereocenters. The van der Waals surface area contributed by atoms with E-state index in [0.717, 1.165) is 10.4 Å². The van der Waals surface area contributed by atoms with E-state index in [9.17, 15) is 8.42 Å². The summed E-state index contributed by atoms with van der Waals surface area (Å²) in [4.78, 5) is 0.894. The normalized spacial score (nSPS) is 11.4. The van der Waals surface area contributed by atoms with E-state index in [4.69, 9.17) is 10.5 Å². The molecule has 2 N–H and O–H groups in total. The third-order valence-corrected chi connectivity index (χ3v) is 5.19. The summed E-state index contributed by atoms with van der Waals surface area (Å²) >= 11 is 1.49. The first-order chi connectivity index (χ1) is 9.49. The van der Waals surface area contributed by atoms with Crippen LogP contribution in [0.25, 0.3) is 0 Å². The Bertz CT molecular complexity index is 570. The molecule has 1 heterocycles. The maximum Gasteiger partial charge on any atom is 0.216 e. The molecule has 0 aliphatic heterocycles. The quantitative estimate of drug-likeness (QED) is 0.598. The first-order valence-electron chi connectivity index (χ1n) is 6.27. The highest BCUT2D eigenvalue weighted by molar-refractivity contribution is 7.89. The van der Waals surface area contributed by atoms with E-state index in [1.807, 2.05) is 18.4 Å². The van der Waals surface area contributed by atoms with Gasteiger partial charge in [0.25, 0.3) is 0 Å². The molecular weight excluding hydrogens is 296 g/mol. The monoisotopic (exact) mass is 316 g/mol. The van der Waals surface area contributed by atoms with Crippen LogP contribution in [0.15, 0.2) is 11.4 Å². The second-order valence-electron chi connectivity index (χ2n) is 4.09. The van der Waals surface area contributed by atoms with Gasteiger partial charge in [0, 0.05) is 20.2 Å². The molecule has 0 bridgehead atoms. The van der Waals surface area contributed by atoms with Crippen molar-refractivity contribution in [3.8, 4) is 11.8 Å². The Kier molecular flexibility index (Phi) is 7.19. The van der Waals surface area contributed by atoms with Crippen LogP contribution in [0.5, 0.6) is 0 Å². The summed E-state index contributed by atoms with van der Waals surface area (Å²) in [5, 5.41) is 1.91. The zero-order valence-corrected chi connectivity index (χ0v) is 13.4. The van der Waals surface area contributed by atoms with E-state index >= 15 is 0 Å². The van der Waals surface area contributed by atoms with Gasteiger partial charge in [0.1, 0.15) is 0 Å². The highest BCUT2D eigenvalue weighted by Crippen LogP contribution is 2.16. The molecule has 0 saturated carbocycles. The average Bonchev–Trinajstić information content (AvgIpc) is 2.84. The minimum absolute atomic E-state index is 0.00130. The van der Waals surface area contributed by atoms with Crippen molar-refractivity contribution in [2.75, 3.05) is 32.6 Å². The molecular formula is C13H20N2O3S2. The second kappa shape index (κ2) is 8.39. The Labute approximate surface area is 124 Å². The van der Waals surface area contributed by atoms with Crippen LogP contribution in [0.2, 0.25) is 0 Å². The average molecular weight is 316 g/mol. The summed E-state index contributed by atoms with van der Waals surface area (Å²) < 4.78 is 30.4. The molecule has 0 spiro atoms. The lowest BCUT2D eigenvalue weighted by molar-refractivity contribution is 0.162. The van der Waals surface area contributed by atoms with Crippen molar-refractivity contribution in [1.82, 2.24) is 4.31 Å². The van der Waals surface area contributed by atoms with E-state index < -0.39 is 10.0 Å². The van der Waals surface area contributed by atoms with Crippen molar-refractivity contribution in [1.29, 1.82) is 0 Å². The Morgan fingerprint density at radius 3 is 2.90 bits per heavy atom. The fourth-order valence-electron chi connectivity index (χ4n) is 1.48. The number of hydrogen-bond donors (Lipinski definition) is 1. The smallest absolute Gasteiger partial charge is 0.216 e. The van der Waals surface area contributed by atoms with Gasteiger partial charge in [-0.2, -0.15) is 0 Å². The molecule has 0 saturated heterocycles. The highest BCUT2D eigenvalue weighted by atomic mass is 32.2. The van der Waals surface area contributed by atoms with Crippen molar-refractivity contribution in [2.45, 2.75) is 13.5 Å². The van der Waals surface area contributed by atoms with Crippen LogP contribution in [0, 0.1) is 11.8 Å². The zero-order chi connectivity index (χ0) is 15.0. The number of thiophene rings is 1. The molecule has 0 aliphatic carbocycles. The lowest BCUT2D eigenvalue weighted by atomic mass is 10.3. The van der Waals surface area contributed by atoms with E-state index in [1.165, 1.54) is 15.6 Å². The molecule has 1 rings (SSSR count). The molecule has 0 fully saturated rings. The predicted molar refractivity (Wildman–Crippen MR) is 82.0 cm³/mol. The van der Waals surface area contributed by atoms with Gasteiger partial charge in [0.2, 0.25) is 10.0 Å². The summed E-state index contributed by atoms with van der Waals surface area (Å²) in [5.41, 5.74) is 6.24. The number of ether oxygens (including phenoxy) is 1. The Morgan fingerprint density at radius 2 is 2.25 bits per heavy atom. The van der Waals surface area contributed by atoms with Crippen molar-refractivity contribution >= 4 is 21.4 Å². The van der Waals surface area contributed by atoms with Crippen molar-refractivity contribution in [3.05, 3.63) is 21.9 Å². The van der Waals surface area contributed by atoms with Gasteiger partial charge < -0.3 is 10.5 Å². The number of sulfonamides is 1. The fourth-order valence-corrected chi connectivity index (χ4v) is 3.24. The summed E-state index contributed by atoms with van der Waals surface area (Å²) in [6.07, 6.45) is 0. The second-order valence-corrected chi connectivity index (χ2v) is 7.20. The van der Waals surface area contributed by atoms with E-state index in [2.05, 4.69) is 11.8 Å². The van der Waals surface area contributed by atoms with Gasteiger partial charge in [-0.15, -0.1) is 11.3 Å². The Hall–Kier alpha value is -0.910. The largest absolute Gasteiger partial charge is 0.381 e. The molecule has 5 nitrogen and oxygen atoms in total. The third-order valence-electron chi connectivity index (χ3n) is 2.54. The lowest BCUT2D eigenvalue weighted by Gasteiger charge is -2.16. The van der Waals surface area contributed by atoms with Gasteiger partial charge in [-0.3, -0.25) is 0 Å². The van der Waals surface area contributed by atoms with Crippen LogP contribution in [-0.4, -0.2) is 45.3 Å². The van der Waals surface area contributed by atoms with Crippen molar-refractivity contribution in [2.24, 2.45) is 5.73 Å². The first-order valence-corrected chi connectivity index (χ1v) is 8.76. The molecule has 112 valence electrons. The van der Waals surface area contributed by atoms with Crippen LogP contribution in [0.3, 0.4) is 0 Å². The van der Waals surface area contributed by atoms with E-state index in [1.54, 1.807) is 7.05 Å². The molecule has 0 aromatic carbocycles. The van der Waals surface area contributed by atoms with Gasteiger partial charge in [-0.1, -0.05) is 11.8 Å². The van der Waals surface area contributed by atoms with Crippen LogP contribution >= 0.6 is 11.3 Å². The minimum Gasteiger partial charge on any atom is -0.381 e. The zero-order valence-electron chi connectivity index (χ0n) is 11.8.